The normalized spacial score (nSPS) is 19.5. The van der Waals surface area contributed by atoms with Gasteiger partial charge in [-0.2, -0.15) is 5.01 Å². The van der Waals surface area contributed by atoms with E-state index in [1.54, 1.807) is 0 Å². The monoisotopic (exact) mass is 329 g/mol. The molecule has 2 fully saturated rings. The number of hydrogen-bond acceptors (Lipinski definition) is 3. The highest BCUT2D eigenvalue weighted by Crippen LogP contribution is 2.32. The zero-order valence-electron chi connectivity index (χ0n) is 14.1. The van der Waals surface area contributed by atoms with Crippen molar-refractivity contribution < 1.29 is 14.4 Å². The summed E-state index contributed by atoms with van der Waals surface area (Å²) in [5.41, 5.74) is 4.77. The molecule has 2 N–H and O–H groups in total. The van der Waals surface area contributed by atoms with E-state index in [1.807, 2.05) is 32.0 Å². The third-order valence-electron chi connectivity index (χ3n) is 5.04. The molecule has 1 saturated heterocycles. The Labute approximate surface area is 141 Å². The molecule has 24 heavy (non-hydrogen) atoms. The van der Waals surface area contributed by atoms with Crippen molar-refractivity contribution in [3.05, 3.63) is 34.9 Å². The minimum absolute atomic E-state index is 0.130. The van der Waals surface area contributed by atoms with Crippen molar-refractivity contribution in [2.24, 2.45) is 0 Å². The van der Waals surface area contributed by atoms with Gasteiger partial charge < -0.3 is 5.32 Å². The average Bonchev–Trinajstić information content (AvgIpc) is 2.76. The second kappa shape index (κ2) is 6.26. The van der Waals surface area contributed by atoms with Gasteiger partial charge in [-0.1, -0.05) is 37.5 Å². The number of hydrogen-bond donors (Lipinski definition) is 2. The zero-order valence-corrected chi connectivity index (χ0v) is 14.1. The Bertz CT molecular complexity index is 693. The van der Waals surface area contributed by atoms with Gasteiger partial charge in [-0.3, -0.25) is 15.0 Å². The molecule has 0 radical (unpaired) electrons. The molecule has 6 nitrogen and oxygen atoms in total. The van der Waals surface area contributed by atoms with Gasteiger partial charge in [0.05, 0.1) is 6.42 Å². The summed E-state index contributed by atoms with van der Waals surface area (Å²) in [7, 11) is 0. The van der Waals surface area contributed by atoms with E-state index in [0.717, 1.165) is 41.0 Å². The van der Waals surface area contributed by atoms with Crippen LogP contribution in [0, 0.1) is 13.8 Å². The van der Waals surface area contributed by atoms with Gasteiger partial charge in [-0.25, -0.2) is 4.79 Å². The maximum Gasteiger partial charge on any atom is 0.344 e. The fourth-order valence-electron chi connectivity index (χ4n) is 3.48. The number of nitrogens with zero attached hydrogens (tertiary/aromatic N) is 1. The fourth-order valence-corrected chi connectivity index (χ4v) is 3.48. The van der Waals surface area contributed by atoms with Crippen LogP contribution in [0.3, 0.4) is 0 Å². The highest BCUT2D eigenvalue weighted by molar-refractivity contribution is 6.08. The van der Waals surface area contributed by atoms with Crippen molar-refractivity contribution in [2.45, 2.75) is 57.9 Å². The lowest BCUT2D eigenvalue weighted by molar-refractivity contribution is -0.139. The lowest BCUT2D eigenvalue weighted by Gasteiger charge is -2.30. The number of nitrogens with one attached hydrogen (secondary N) is 2. The van der Waals surface area contributed by atoms with E-state index >= 15 is 0 Å². The molecule has 1 aliphatic heterocycles. The molecule has 128 valence electrons. The number of carbonyl (C=O) groups is 3. The number of rotatable bonds is 3. The van der Waals surface area contributed by atoms with Gasteiger partial charge in [0.2, 0.25) is 5.91 Å². The summed E-state index contributed by atoms with van der Waals surface area (Å²) in [4.78, 5) is 37.0. The smallest absolute Gasteiger partial charge is 0.322 e. The van der Waals surface area contributed by atoms with Gasteiger partial charge in [0.25, 0.3) is 5.91 Å². The molecule has 0 unspecified atom stereocenters. The van der Waals surface area contributed by atoms with Crippen LogP contribution in [-0.2, 0) is 16.0 Å². The molecule has 1 spiro atoms. The third kappa shape index (κ3) is 3.00. The number of aryl methyl sites for hydroxylation is 2. The number of benzene rings is 1. The molecule has 1 saturated carbocycles. The number of urea groups is 1. The molecule has 0 aromatic heterocycles. The zero-order chi connectivity index (χ0) is 17.3. The molecular weight excluding hydrogens is 306 g/mol. The van der Waals surface area contributed by atoms with Crippen LogP contribution in [0.25, 0.3) is 0 Å². The van der Waals surface area contributed by atoms with Crippen LogP contribution < -0.4 is 10.7 Å². The van der Waals surface area contributed by atoms with Gasteiger partial charge in [0.15, 0.2) is 0 Å². The minimum Gasteiger partial charge on any atom is -0.322 e. The van der Waals surface area contributed by atoms with Gasteiger partial charge >= 0.3 is 6.03 Å². The highest BCUT2D eigenvalue weighted by Gasteiger charge is 2.52. The molecule has 0 bridgehead atoms. The fraction of sp³-hybridized carbons (Fsp3) is 0.500. The number of hydrazine groups is 1. The molecule has 6 heteroatoms. The summed E-state index contributed by atoms with van der Waals surface area (Å²) < 4.78 is 0. The summed E-state index contributed by atoms with van der Waals surface area (Å²) in [6.07, 6.45) is 4.31. The van der Waals surface area contributed by atoms with Gasteiger partial charge in [0, 0.05) is 0 Å². The van der Waals surface area contributed by atoms with Crippen LogP contribution in [0.2, 0.25) is 0 Å². The molecule has 1 aromatic carbocycles. The first-order valence-corrected chi connectivity index (χ1v) is 8.44. The molecular formula is C18H23N3O3. The first-order chi connectivity index (χ1) is 11.4. The average molecular weight is 329 g/mol. The van der Waals surface area contributed by atoms with Crippen molar-refractivity contribution in [3.8, 4) is 0 Å². The van der Waals surface area contributed by atoms with Crippen molar-refractivity contribution in [2.75, 3.05) is 0 Å². The van der Waals surface area contributed by atoms with Crippen molar-refractivity contribution in [3.63, 3.8) is 0 Å². The Hall–Kier alpha value is -2.37. The summed E-state index contributed by atoms with van der Waals surface area (Å²) >= 11 is 0. The van der Waals surface area contributed by atoms with E-state index in [2.05, 4.69) is 10.7 Å². The van der Waals surface area contributed by atoms with E-state index < -0.39 is 11.6 Å². The molecule has 1 heterocycles. The maximum absolute atomic E-state index is 12.6. The predicted molar refractivity (Wildman–Crippen MR) is 89.0 cm³/mol. The Morgan fingerprint density at radius 2 is 1.88 bits per heavy atom. The van der Waals surface area contributed by atoms with E-state index in [-0.39, 0.29) is 18.2 Å². The number of amides is 4. The Balaban J connectivity index is 1.66. The second-order valence-electron chi connectivity index (χ2n) is 6.84. The van der Waals surface area contributed by atoms with E-state index in [0.29, 0.717) is 12.8 Å². The Morgan fingerprint density at radius 3 is 2.54 bits per heavy atom. The second-order valence-corrected chi connectivity index (χ2v) is 6.84. The van der Waals surface area contributed by atoms with E-state index in [4.69, 9.17) is 0 Å². The minimum atomic E-state index is -0.816. The van der Waals surface area contributed by atoms with Crippen LogP contribution in [0.5, 0.6) is 0 Å². The Kier molecular flexibility index (Phi) is 4.30. The summed E-state index contributed by atoms with van der Waals surface area (Å²) in [5, 5.41) is 3.63. The summed E-state index contributed by atoms with van der Waals surface area (Å²) in [6.45, 7) is 4.00. The van der Waals surface area contributed by atoms with Crippen LogP contribution in [-0.4, -0.2) is 28.4 Å². The first-order valence-electron chi connectivity index (χ1n) is 8.44. The quantitative estimate of drug-likeness (QED) is 0.834. The lowest BCUT2D eigenvalue weighted by Crippen LogP contribution is -2.51. The standard InChI is InChI=1S/C18H23N3O3/c1-12-6-7-14(10-13(12)2)11-15(22)20-21-16(23)18(19-17(21)24)8-4-3-5-9-18/h6-7,10H,3-5,8-9,11H2,1-2H3,(H,19,24)(H,20,22). The molecule has 1 aromatic rings. The number of imide groups is 1. The van der Waals surface area contributed by atoms with Crippen molar-refractivity contribution in [1.29, 1.82) is 0 Å². The SMILES string of the molecule is Cc1ccc(CC(=O)NN2C(=O)NC3(CCCCC3)C2=O)cc1C. The predicted octanol–water partition coefficient (Wildman–Crippen LogP) is 2.13. The molecule has 2 aliphatic rings. The molecule has 0 atom stereocenters. The highest BCUT2D eigenvalue weighted by atomic mass is 16.2. The summed E-state index contributed by atoms with van der Waals surface area (Å²) in [6, 6.07) is 5.26. The topological polar surface area (TPSA) is 78.5 Å². The molecule has 3 rings (SSSR count). The lowest BCUT2D eigenvalue weighted by atomic mass is 9.82. The van der Waals surface area contributed by atoms with Gasteiger partial charge in [-0.15, -0.1) is 0 Å². The molecule has 4 amide bonds. The van der Waals surface area contributed by atoms with Crippen LogP contribution >= 0.6 is 0 Å². The summed E-state index contributed by atoms with van der Waals surface area (Å²) in [5.74, 6) is -0.699. The van der Waals surface area contributed by atoms with Crippen molar-refractivity contribution >= 4 is 17.8 Å². The van der Waals surface area contributed by atoms with E-state index in [1.165, 1.54) is 0 Å². The van der Waals surface area contributed by atoms with Gasteiger partial charge in [0.1, 0.15) is 5.54 Å². The van der Waals surface area contributed by atoms with Gasteiger partial charge in [-0.05, 0) is 43.4 Å². The Morgan fingerprint density at radius 1 is 1.17 bits per heavy atom. The van der Waals surface area contributed by atoms with E-state index in [9.17, 15) is 14.4 Å². The van der Waals surface area contributed by atoms with Crippen LogP contribution in [0.15, 0.2) is 18.2 Å². The van der Waals surface area contributed by atoms with Crippen LogP contribution in [0.1, 0.15) is 48.8 Å². The third-order valence-corrected chi connectivity index (χ3v) is 5.04. The first kappa shape index (κ1) is 16.5. The molecule has 1 aliphatic carbocycles. The van der Waals surface area contributed by atoms with Crippen LogP contribution in [0.4, 0.5) is 4.79 Å². The van der Waals surface area contributed by atoms with Crippen molar-refractivity contribution in [1.82, 2.24) is 15.8 Å². The largest absolute Gasteiger partial charge is 0.344 e. The maximum atomic E-state index is 12.6. The number of carbonyl (C=O) groups excluding carboxylic acids is 3.